The SMILES string of the molecule is CCCCO.[Br-].[Br][Zn][Br].[Li+]. The van der Waals surface area contributed by atoms with Crippen LogP contribution in [0, 0.1) is 0 Å². The van der Waals surface area contributed by atoms with Gasteiger partial charge in [-0.1, -0.05) is 13.3 Å². The maximum atomic E-state index is 8.07. The van der Waals surface area contributed by atoms with Crippen LogP contribution in [-0.2, 0) is 13.2 Å². The third-order valence-electron chi connectivity index (χ3n) is 0.512. The van der Waals surface area contributed by atoms with Crippen LogP contribution in [0.15, 0.2) is 0 Å². The van der Waals surface area contributed by atoms with Gasteiger partial charge >= 0.3 is 59.3 Å². The van der Waals surface area contributed by atoms with E-state index in [1.165, 1.54) is 0 Å². The summed E-state index contributed by atoms with van der Waals surface area (Å²) in [7, 11) is 0. The maximum Gasteiger partial charge on any atom is 1.00 e. The summed E-state index contributed by atoms with van der Waals surface area (Å²) in [6, 6.07) is 0. The van der Waals surface area contributed by atoms with E-state index >= 15 is 0 Å². The van der Waals surface area contributed by atoms with Crippen LogP contribution < -0.4 is 35.8 Å². The fourth-order valence-electron chi connectivity index (χ4n) is 0.158. The van der Waals surface area contributed by atoms with Crippen LogP contribution in [0.2, 0.25) is 0 Å². The molecule has 6 heteroatoms. The van der Waals surface area contributed by atoms with Crippen molar-refractivity contribution in [2.75, 3.05) is 6.61 Å². The normalized spacial score (nSPS) is 5.20. The van der Waals surface area contributed by atoms with Gasteiger partial charge in [0.15, 0.2) is 0 Å². The molecule has 0 aliphatic rings. The second-order valence-corrected chi connectivity index (χ2v) is 15.2. The molecule has 1 N–H and O–H groups in total. The Hall–Kier alpha value is 2.62. The van der Waals surface area contributed by atoms with Crippen molar-refractivity contribution in [1.82, 2.24) is 0 Å². The Morgan fingerprint density at radius 1 is 1.40 bits per heavy atom. The summed E-state index contributed by atoms with van der Waals surface area (Å²) in [5.41, 5.74) is 0. The molecular formula is C4H10Br3LiOZn. The van der Waals surface area contributed by atoms with Crippen LogP contribution in [0.4, 0.5) is 0 Å². The van der Waals surface area contributed by atoms with Gasteiger partial charge in [0.2, 0.25) is 0 Å². The molecule has 0 atom stereocenters. The monoisotopic (exact) mass is 382 g/mol. The third-order valence-corrected chi connectivity index (χ3v) is 0.512. The molecule has 0 saturated heterocycles. The molecule has 0 aliphatic heterocycles. The molecule has 0 rings (SSSR count). The van der Waals surface area contributed by atoms with Gasteiger partial charge in [-0.25, -0.2) is 0 Å². The van der Waals surface area contributed by atoms with Crippen molar-refractivity contribution in [3.05, 3.63) is 0 Å². The summed E-state index contributed by atoms with van der Waals surface area (Å²) in [6.45, 7) is 2.40. The number of aliphatic hydroxyl groups excluding tert-OH is 1. The Morgan fingerprint density at radius 3 is 1.70 bits per heavy atom. The first-order valence-electron chi connectivity index (χ1n) is 2.56. The Bertz CT molecular complexity index is 34.5. The number of halogens is 3. The molecule has 0 fully saturated rings. The first-order valence-corrected chi connectivity index (χ1v) is 16.5. The smallest absolute Gasteiger partial charge is 1.00 e. The fourth-order valence-corrected chi connectivity index (χ4v) is 0.158. The first-order chi connectivity index (χ1) is 3.83. The zero-order chi connectivity index (χ0) is 6.83. The van der Waals surface area contributed by atoms with Gasteiger partial charge in [0, 0.05) is 6.61 Å². The van der Waals surface area contributed by atoms with E-state index in [9.17, 15) is 0 Å². The molecule has 0 spiro atoms. The first kappa shape index (κ1) is 22.9. The average molecular weight is 386 g/mol. The molecule has 0 aromatic heterocycles. The van der Waals surface area contributed by atoms with E-state index in [0.717, 1.165) is 12.8 Å². The van der Waals surface area contributed by atoms with Gasteiger partial charge in [-0.15, -0.1) is 0 Å². The van der Waals surface area contributed by atoms with Crippen LogP contribution in [0.5, 0.6) is 0 Å². The Kier molecular flexibility index (Phi) is 68.6. The minimum absolute atomic E-state index is 0. The van der Waals surface area contributed by atoms with Gasteiger partial charge in [-0.3, -0.25) is 0 Å². The summed E-state index contributed by atoms with van der Waals surface area (Å²) >= 11 is 6.25. The van der Waals surface area contributed by atoms with E-state index < -0.39 is 0 Å². The molecule has 0 unspecified atom stereocenters. The molecule has 0 bridgehead atoms. The third kappa shape index (κ3) is 46.0. The van der Waals surface area contributed by atoms with E-state index in [2.05, 4.69) is 34.2 Å². The van der Waals surface area contributed by atoms with Crippen molar-refractivity contribution >= 4 is 27.2 Å². The number of hydrogen-bond acceptors (Lipinski definition) is 1. The van der Waals surface area contributed by atoms with E-state index in [1.54, 1.807) is 0 Å². The average Bonchev–Trinajstić information content (AvgIpc) is 1.71. The number of aliphatic hydroxyl groups is 1. The van der Waals surface area contributed by atoms with Crippen LogP contribution in [-0.4, -0.2) is 11.7 Å². The molecular weight excluding hydrogens is 376 g/mol. The van der Waals surface area contributed by atoms with Crippen LogP contribution in [0.1, 0.15) is 19.8 Å². The number of unbranched alkanes of at least 4 members (excludes halogenated alkanes) is 1. The van der Waals surface area contributed by atoms with Gasteiger partial charge < -0.3 is 22.1 Å². The predicted molar refractivity (Wildman–Crippen MR) is 39.8 cm³/mol. The zero-order valence-electron chi connectivity index (χ0n) is 6.41. The minimum Gasteiger partial charge on any atom is 1.00 e. The topological polar surface area (TPSA) is 20.2 Å². The summed E-state index contributed by atoms with van der Waals surface area (Å²) in [5.74, 6) is 0. The van der Waals surface area contributed by atoms with E-state index in [-0.39, 0.29) is 49.0 Å². The van der Waals surface area contributed by atoms with Gasteiger partial charge in [0.1, 0.15) is 0 Å². The van der Waals surface area contributed by atoms with Crippen molar-refractivity contribution in [1.29, 1.82) is 0 Å². The van der Waals surface area contributed by atoms with Crippen LogP contribution >= 0.6 is 27.2 Å². The number of hydrogen-bond donors (Lipinski definition) is 1. The largest absolute Gasteiger partial charge is 1.00 e. The summed E-state index contributed by atoms with van der Waals surface area (Å²) in [6.07, 6.45) is 2.04. The van der Waals surface area contributed by atoms with Gasteiger partial charge in [0.25, 0.3) is 0 Å². The molecule has 1 nitrogen and oxygen atoms in total. The molecule has 0 aliphatic carbocycles. The number of rotatable bonds is 2. The second kappa shape index (κ2) is 29.9. The summed E-state index contributed by atoms with van der Waals surface area (Å²) in [5, 5.41) is 8.07. The Morgan fingerprint density at radius 2 is 1.70 bits per heavy atom. The summed E-state index contributed by atoms with van der Waals surface area (Å²) in [4.78, 5) is 0. The quantitative estimate of drug-likeness (QED) is 0.488. The molecule has 0 aromatic carbocycles. The zero-order valence-corrected chi connectivity index (χ0v) is 14.1. The van der Waals surface area contributed by atoms with Crippen molar-refractivity contribution in [3.63, 3.8) is 0 Å². The van der Waals surface area contributed by atoms with Gasteiger partial charge in [0.05, 0.1) is 0 Å². The second-order valence-electron chi connectivity index (χ2n) is 1.18. The van der Waals surface area contributed by atoms with Crippen molar-refractivity contribution < 1.29 is 54.2 Å². The van der Waals surface area contributed by atoms with E-state index in [1.807, 2.05) is 0 Å². The molecule has 0 amide bonds. The van der Waals surface area contributed by atoms with Crippen molar-refractivity contribution in [2.45, 2.75) is 19.8 Å². The molecule has 0 heterocycles. The molecule has 0 aromatic rings. The predicted octanol–water partition coefficient (Wildman–Crippen LogP) is -3.52. The van der Waals surface area contributed by atoms with Crippen LogP contribution in [0.3, 0.4) is 0 Å². The fraction of sp³-hybridized carbons (Fsp3) is 1.00. The van der Waals surface area contributed by atoms with E-state index in [0.29, 0.717) is 6.61 Å². The minimum atomic E-state index is -0.250. The van der Waals surface area contributed by atoms with Crippen molar-refractivity contribution in [2.24, 2.45) is 0 Å². The van der Waals surface area contributed by atoms with Gasteiger partial charge in [-0.05, 0) is 6.42 Å². The molecule has 0 radical (unpaired) electrons. The van der Waals surface area contributed by atoms with E-state index in [4.69, 9.17) is 5.11 Å². The summed E-state index contributed by atoms with van der Waals surface area (Å²) < 4.78 is 0. The maximum absolute atomic E-state index is 8.07. The van der Waals surface area contributed by atoms with Gasteiger partial charge in [-0.2, -0.15) is 0 Å². The van der Waals surface area contributed by atoms with Crippen LogP contribution in [0.25, 0.3) is 0 Å². The standard InChI is InChI=1S/C4H10O.3BrH.Li.Zn/c1-2-3-4-5;;;;;/h5H,2-4H2,1H3;3*1H;;/q;;;;+1;+2/p-3. The Balaban J connectivity index is -0.0000000326. The molecule has 10 heavy (non-hydrogen) atoms. The molecule has 56 valence electrons. The Labute approximate surface area is 106 Å². The van der Waals surface area contributed by atoms with Crippen molar-refractivity contribution in [3.8, 4) is 0 Å². The molecule has 0 saturated carbocycles.